The van der Waals surface area contributed by atoms with Crippen LogP contribution in [-0.2, 0) is 0 Å². The van der Waals surface area contributed by atoms with Crippen LogP contribution in [-0.4, -0.2) is 46.8 Å². The molecule has 0 heterocycles. The molecule has 4 N–H and O–H groups in total. The van der Waals surface area contributed by atoms with E-state index in [1.165, 1.54) is 0 Å². The smallest absolute Gasteiger partial charge is 0.140 e. The highest BCUT2D eigenvalue weighted by molar-refractivity contribution is 5.80. The molecule has 5 heteroatoms. The molecule has 0 aliphatic rings. The number of oxime groups is 1. The highest BCUT2D eigenvalue weighted by Crippen LogP contribution is 2.04. The van der Waals surface area contributed by atoms with E-state index in [9.17, 15) is 0 Å². The number of aliphatic hydroxyl groups is 1. The lowest BCUT2D eigenvalue weighted by Gasteiger charge is -2.27. The van der Waals surface area contributed by atoms with Gasteiger partial charge in [0, 0.05) is 25.6 Å². The Kier molecular flexibility index (Phi) is 7.14. The summed E-state index contributed by atoms with van der Waals surface area (Å²) in [5.41, 5.74) is 5.42. The zero-order valence-corrected chi connectivity index (χ0v) is 8.98. The van der Waals surface area contributed by atoms with E-state index >= 15 is 0 Å². The summed E-state index contributed by atoms with van der Waals surface area (Å²) in [5, 5.41) is 20.1. The second-order valence-electron chi connectivity index (χ2n) is 3.35. The summed E-state index contributed by atoms with van der Waals surface area (Å²) >= 11 is 0. The number of nitrogens with zero attached hydrogens (tertiary/aromatic N) is 2. The molecule has 0 amide bonds. The topological polar surface area (TPSA) is 82.1 Å². The lowest BCUT2D eigenvalue weighted by molar-refractivity contribution is 0.192. The minimum atomic E-state index is 0.201. The second-order valence-corrected chi connectivity index (χ2v) is 3.35. The van der Waals surface area contributed by atoms with Crippen molar-refractivity contribution >= 4 is 5.84 Å². The van der Waals surface area contributed by atoms with Crippen molar-refractivity contribution in [2.24, 2.45) is 10.9 Å². The van der Waals surface area contributed by atoms with Gasteiger partial charge in [0.2, 0.25) is 0 Å². The van der Waals surface area contributed by atoms with Crippen molar-refractivity contribution < 1.29 is 10.3 Å². The third-order valence-corrected chi connectivity index (χ3v) is 2.27. The van der Waals surface area contributed by atoms with E-state index in [2.05, 4.69) is 17.0 Å². The maximum atomic E-state index is 8.71. The summed E-state index contributed by atoms with van der Waals surface area (Å²) < 4.78 is 0. The molecule has 1 atom stereocenters. The van der Waals surface area contributed by atoms with Crippen molar-refractivity contribution in [3.63, 3.8) is 0 Å². The van der Waals surface area contributed by atoms with Crippen molar-refractivity contribution in [1.29, 1.82) is 0 Å². The molecule has 0 saturated carbocycles. The van der Waals surface area contributed by atoms with Crippen LogP contribution in [0.15, 0.2) is 5.16 Å². The zero-order valence-electron chi connectivity index (χ0n) is 8.98. The van der Waals surface area contributed by atoms with Crippen molar-refractivity contribution in [3.8, 4) is 0 Å². The first-order valence-electron chi connectivity index (χ1n) is 4.97. The van der Waals surface area contributed by atoms with Gasteiger partial charge < -0.3 is 20.9 Å². The maximum Gasteiger partial charge on any atom is 0.140 e. The molecule has 0 aromatic rings. The Morgan fingerprint density at radius 2 is 2.21 bits per heavy atom. The SMILES string of the molecule is CCN(CCCO)C(C)CC(N)=NO. The fourth-order valence-corrected chi connectivity index (χ4v) is 1.44. The van der Waals surface area contributed by atoms with E-state index in [0.717, 1.165) is 19.5 Å². The van der Waals surface area contributed by atoms with Gasteiger partial charge in [-0.2, -0.15) is 0 Å². The number of amidine groups is 1. The van der Waals surface area contributed by atoms with E-state index in [1.54, 1.807) is 0 Å². The summed E-state index contributed by atoms with van der Waals surface area (Å²) in [5.74, 6) is 0.250. The van der Waals surface area contributed by atoms with Gasteiger partial charge in [0.25, 0.3) is 0 Å². The molecule has 0 saturated heterocycles. The standard InChI is InChI=1S/C9H21N3O2/c1-3-12(5-4-6-13)8(2)7-9(10)11-14/h8,13-14H,3-7H2,1-2H3,(H2,10,11). The van der Waals surface area contributed by atoms with Crippen molar-refractivity contribution in [1.82, 2.24) is 4.90 Å². The lowest BCUT2D eigenvalue weighted by atomic mass is 10.2. The Balaban J connectivity index is 3.96. The van der Waals surface area contributed by atoms with Gasteiger partial charge >= 0.3 is 0 Å². The summed E-state index contributed by atoms with van der Waals surface area (Å²) in [4.78, 5) is 2.19. The van der Waals surface area contributed by atoms with Crippen molar-refractivity contribution in [3.05, 3.63) is 0 Å². The first-order chi connectivity index (χ1) is 6.65. The average Bonchev–Trinajstić information content (AvgIpc) is 2.18. The van der Waals surface area contributed by atoms with Crippen LogP contribution in [0.3, 0.4) is 0 Å². The molecule has 5 nitrogen and oxygen atoms in total. The fourth-order valence-electron chi connectivity index (χ4n) is 1.44. The third kappa shape index (κ3) is 5.04. The average molecular weight is 203 g/mol. The Hall–Kier alpha value is -0.810. The number of hydrogen-bond donors (Lipinski definition) is 3. The van der Waals surface area contributed by atoms with Crippen LogP contribution in [0.5, 0.6) is 0 Å². The Morgan fingerprint density at radius 3 is 2.64 bits per heavy atom. The molecule has 0 aromatic carbocycles. The Bertz CT molecular complexity index is 173. The molecule has 0 bridgehead atoms. The van der Waals surface area contributed by atoms with E-state index < -0.39 is 0 Å². The molecule has 14 heavy (non-hydrogen) atoms. The van der Waals surface area contributed by atoms with Crippen molar-refractivity contribution in [2.45, 2.75) is 32.7 Å². The zero-order chi connectivity index (χ0) is 11.0. The van der Waals surface area contributed by atoms with E-state index in [-0.39, 0.29) is 18.5 Å². The molecule has 1 unspecified atom stereocenters. The normalized spacial score (nSPS) is 14.7. The molecule has 0 aliphatic carbocycles. The summed E-state index contributed by atoms with van der Waals surface area (Å²) in [6, 6.07) is 0.238. The predicted octanol–water partition coefficient (Wildman–Crippen LogP) is 0.216. The van der Waals surface area contributed by atoms with Gasteiger partial charge in [-0.25, -0.2) is 0 Å². The highest BCUT2D eigenvalue weighted by Gasteiger charge is 2.12. The van der Waals surface area contributed by atoms with Gasteiger partial charge in [0.1, 0.15) is 5.84 Å². The third-order valence-electron chi connectivity index (χ3n) is 2.27. The van der Waals surface area contributed by atoms with Crippen LogP contribution in [0, 0.1) is 0 Å². The van der Waals surface area contributed by atoms with E-state index in [1.807, 2.05) is 6.92 Å². The van der Waals surface area contributed by atoms with Gasteiger partial charge in [-0.15, -0.1) is 0 Å². The molecular weight excluding hydrogens is 182 g/mol. The quantitative estimate of drug-likeness (QED) is 0.239. The molecule has 84 valence electrons. The van der Waals surface area contributed by atoms with Gasteiger partial charge in [-0.1, -0.05) is 12.1 Å². The van der Waals surface area contributed by atoms with Crippen LogP contribution in [0.1, 0.15) is 26.7 Å². The molecule has 0 aromatic heterocycles. The maximum absolute atomic E-state index is 8.71. The lowest BCUT2D eigenvalue weighted by Crippen LogP contribution is -2.37. The monoisotopic (exact) mass is 203 g/mol. The van der Waals surface area contributed by atoms with Crippen LogP contribution in [0.4, 0.5) is 0 Å². The van der Waals surface area contributed by atoms with Crippen LogP contribution in [0.25, 0.3) is 0 Å². The van der Waals surface area contributed by atoms with Gasteiger partial charge in [0.05, 0.1) is 0 Å². The van der Waals surface area contributed by atoms with Crippen molar-refractivity contribution in [2.75, 3.05) is 19.7 Å². The van der Waals surface area contributed by atoms with E-state index in [4.69, 9.17) is 16.0 Å². The number of aliphatic hydroxyl groups excluding tert-OH is 1. The first kappa shape index (κ1) is 13.2. The van der Waals surface area contributed by atoms with Crippen LogP contribution >= 0.6 is 0 Å². The molecule has 0 aliphatic heterocycles. The minimum absolute atomic E-state index is 0.201. The highest BCUT2D eigenvalue weighted by atomic mass is 16.4. The van der Waals surface area contributed by atoms with Gasteiger partial charge in [-0.05, 0) is 19.9 Å². The molecule has 0 radical (unpaired) electrons. The number of nitrogens with two attached hydrogens (primary N) is 1. The van der Waals surface area contributed by atoms with Crippen LogP contribution < -0.4 is 5.73 Å². The molecule has 0 rings (SSSR count). The largest absolute Gasteiger partial charge is 0.409 e. The fraction of sp³-hybridized carbons (Fsp3) is 0.889. The van der Waals surface area contributed by atoms with E-state index in [0.29, 0.717) is 6.42 Å². The second kappa shape index (κ2) is 7.58. The number of hydrogen-bond acceptors (Lipinski definition) is 4. The Labute approximate surface area is 85.2 Å². The summed E-state index contributed by atoms with van der Waals surface area (Å²) in [6.07, 6.45) is 1.31. The van der Waals surface area contributed by atoms with Gasteiger partial charge in [-0.3, -0.25) is 0 Å². The number of rotatable bonds is 7. The predicted molar refractivity (Wildman–Crippen MR) is 56.4 cm³/mol. The van der Waals surface area contributed by atoms with Gasteiger partial charge in [0.15, 0.2) is 0 Å². The Morgan fingerprint density at radius 1 is 1.57 bits per heavy atom. The summed E-state index contributed by atoms with van der Waals surface area (Å²) in [6.45, 7) is 6.03. The molecule has 0 fully saturated rings. The molecular formula is C9H21N3O2. The summed E-state index contributed by atoms with van der Waals surface area (Å²) in [7, 11) is 0. The molecule has 0 spiro atoms. The van der Waals surface area contributed by atoms with Crippen LogP contribution in [0.2, 0.25) is 0 Å². The first-order valence-corrected chi connectivity index (χ1v) is 4.97. The minimum Gasteiger partial charge on any atom is -0.409 e.